The van der Waals surface area contributed by atoms with Crippen molar-refractivity contribution in [1.29, 1.82) is 0 Å². The van der Waals surface area contributed by atoms with Gasteiger partial charge in [0.1, 0.15) is 5.75 Å². The van der Waals surface area contributed by atoms with Gasteiger partial charge < -0.3 is 10.8 Å². The molecule has 5 nitrogen and oxygen atoms in total. The van der Waals surface area contributed by atoms with Gasteiger partial charge in [0, 0.05) is 12.6 Å². The maximum absolute atomic E-state index is 10.8. The second-order valence-electron chi connectivity index (χ2n) is 2.74. The molecule has 0 atom stereocenters. The molecule has 0 unspecified atom stereocenters. The molecule has 0 aliphatic heterocycles. The van der Waals surface area contributed by atoms with Crippen LogP contribution in [0.5, 0.6) is 5.75 Å². The summed E-state index contributed by atoms with van der Waals surface area (Å²) in [6.45, 7) is 2.24. The van der Waals surface area contributed by atoms with E-state index < -0.39 is 6.03 Å². The topological polar surface area (TPSA) is 78.6 Å². The fourth-order valence-electron chi connectivity index (χ4n) is 1.02. The van der Waals surface area contributed by atoms with Gasteiger partial charge in [-0.15, -0.1) is 0 Å². The summed E-state index contributed by atoms with van der Waals surface area (Å²) >= 11 is 0. The number of nitrogens with zero attached hydrogens (tertiary/aromatic N) is 1. The Morgan fingerprint density at radius 3 is 2.86 bits per heavy atom. The van der Waals surface area contributed by atoms with Gasteiger partial charge in [0.15, 0.2) is 0 Å². The number of nitrogens with two attached hydrogens (primary N) is 1. The van der Waals surface area contributed by atoms with Crippen LogP contribution in [-0.2, 0) is 0 Å². The zero-order valence-electron chi connectivity index (χ0n) is 7.90. The van der Waals surface area contributed by atoms with Gasteiger partial charge in [-0.25, -0.2) is 9.80 Å². The quantitative estimate of drug-likeness (QED) is 0.632. The van der Waals surface area contributed by atoms with Crippen LogP contribution in [0.25, 0.3) is 0 Å². The third-order valence-corrected chi connectivity index (χ3v) is 1.69. The largest absolute Gasteiger partial charge is 0.508 e. The Morgan fingerprint density at radius 1 is 1.64 bits per heavy atom. The van der Waals surface area contributed by atoms with Crippen LogP contribution in [0.2, 0.25) is 0 Å². The summed E-state index contributed by atoms with van der Waals surface area (Å²) in [5.74, 6) is 0.135. The molecule has 14 heavy (non-hydrogen) atoms. The Kier molecular flexibility index (Phi) is 3.17. The van der Waals surface area contributed by atoms with Gasteiger partial charge in [0.25, 0.3) is 0 Å². The van der Waals surface area contributed by atoms with Crippen LogP contribution in [0.1, 0.15) is 6.92 Å². The highest BCUT2D eigenvalue weighted by molar-refractivity contribution is 5.73. The first-order valence-electron chi connectivity index (χ1n) is 4.26. The fourth-order valence-corrected chi connectivity index (χ4v) is 1.02. The molecule has 1 aromatic rings. The van der Waals surface area contributed by atoms with E-state index >= 15 is 0 Å². The maximum Gasteiger partial charge on any atom is 0.333 e. The minimum atomic E-state index is -0.559. The Morgan fingerprint density at radius 2 is 2.36 bits per heavy atom. The maximum atomic E-state index is 10.8. The molecule has 1 rings (SSSR count). The number of hydrazine groups is 1. The molecule has 0 aromatic heterocycles. The molecular formula is C9H13N3O2. The summed E-state index contributed by atoms with van der Waals surface area (Å²) in [5, 5.41) is 10.4. The molecule has 1 aromatic carbocycles. The van der Waals surface area contributed by atoms with Crippen molar-refractivity contribution in [3.8, 4) is 5.75 Å². The Hall–Kier alpha value is -1.91. The van der Waals surface area contributed by atoms with Crippen molar-refractivity contribution in [3.63, 3.8) is 0 Å². The number of phenols is 1. The number of hydrogen-bond donors (Lipinski definition) is 3. The monoisotopic (exact) mass is 195 g/mol. The van der Waals surface area contributed by atoms with Crippen molar-refractivity contribution >= 4 is 11.7 Å². The van der Waals surface area contributed by atoms with Gasteiger partial charge in [-0.2, -0.15) is 0 Å². The van der Waals surface area contributed by atoms with E-state index in [9.17, 15) is 4.79 Å². The van der Waals surface area contributed by atoms with Crippen LogP contribution in [0.4, 0.5) is 10.5 Å². The van der Waals surface area contributed by atoms with Crippen LogP contribution in [0.3, 0.4) is 0 Å². The molecule has 0 aliphatic carbocycles. The van der Waals surface area contributed by atoms with E-state index in [-0.39, 0.29) is 5.75 Å². The fraction of sp³-hybridized carbons (Fsp3) is 0.222. The third kappa shape index (κ3) is 2.55. The van der Waals surface area contributed by atoms with Gasteiger partial charge in [0.2, 0.25) is 0 Å². The van der Waals surface area contributed by atoms with Crippen molar-refractivity contribution in [3.05, 3.63) is 24.3 Å². The number of phenolic OH excluding ortho intramolecular Hbond substituents is 1. The smallest absolute Gasteiger partial charge is 0.333 e. The number of urea groups is 1. The third-order valence-electron chi connectivity index (χ3n) is 1.69. The summed E-state index contributed by atoms with van der Waals surface area (Å²) in [6.07, 6.45) is 0. The second-order valence-corrected chi connectivity index (χ2v) is 2.74. The summed E-state index contributed by atoms with van der Waals surface area (Å²) in [5.41, 5.74) is 8.48. The number of primary amides is 1. The van der Waals surface area contributed by atoms with Crippen molar-refractivity contribution in [2.24, 2.45) is 5.73 Å². The molecule has 0 bridgehead atoms. The highest BCUT2D eigenvalue weighted by Crippen LogP contribution is 2.15. The average Bonchev–Trinajstić information content (AvgIpc) is 2.14. The molecule has 2 amide bonds. The normalized spacial score (nSPS) is 9.50. The molecule has 0 aliphatic rings. The number of rotatable bonds is 3. The number of benzene rings is 1. The van der Waals surface area contributed by atoms with Crippen molar-refractivity contribution in [2.75, 3.05) is 12.0 Å². The lowest BCUT2D eigenvalue weighted by atomic mass is 10.3. The first-order valence-corrected chi connectivity index (χ1v) is 4.26. The van der Waals surface area contributed by atoms with Gasteiger partial charge in [-0.1, -0.05) is 6.07 Å². The molecule has 5 heteroatoms. The van der Waals surface area contributed by atoms with Crippen LogP contribution < -0.4 is 11.2 Å². The van der Waals surface area contributed by atoms with Crippen molar-refractivity contribution in [2.45, 2.75) is 6.92 Å². The molecule has 0 saturated heterocycles. The molecule has 0 saturated carbocycles. The minimum Gasteiger partial charge on any atom is -0.508 e. The average molecular weight is 195 g/mol. The van der Waals surface area contributed by atoms with Crippen LogP contribution >= 0.6 is 0 Å². The predicted molar refractivity (Wildman–Crippen MR) is 53.7 cm³/mol. The minimum absolute atomic E-state index is 0.135. The van der Waals surface area contributed by atoms with Gasteiger partial charge >= 0.3 is 6.03 Å². The highest BCUT2D eigenvalue weighted by Gasteiger charge is 2.06. The first-order chi connectivity index (χ1) is 6.63. The van der Waals surface area contributed by atoms with Crippen LogP contribution in [0, 0.1) is 0 Å². The Bertz CT molecular complexity index is 328. The molecule has 4 N–H and O–H groups in total. The van der Waals surface area contributed by atoms with E-state index in [2.05, 4.69) is 5.43 Å². The van der Waals surface area contributed by atoms with E-state index in [0.717, 1.165) is 0 Å². The SMILES string of the molecule is CCN(Nc1cccc(O)c1)C(N)=O. The predicted octanol–water partition coefficient (Wildman–Crippen LogP) is 1.12. The van der Waals surface area contributed by atoms with Crippen molar-refractivity contribution < 1.29 is 9.90 Å². The summed E-state index contributed by atoms with van der Waals surface area (Å²) in [7, 11) is 0. The molecule has 0 fully saturated rings. The van der Waals surface area contributed by atoms with Gasteiger partial charge in [0.05, 0.1) is 5.69 Å². The lowest BCUT2D eigenvalue weighted by molar-refractivity contribution is 0.220. The number of aromatic hydroxyl groups is 1. The van der Waals surface area contributed by atoms with E-state index in [1.807, 2.05) is 0 Å². The zero-order valence-corrected chi connectivity index (χ0v) is 7.90. The molecule has 0 heterocycles. The second kappa shape index (κ2) is 4.36. The molecule has 0 spiro atoms. The summed E-state index contributed by atoms with van der Waals surface area (Å²) in [6, 6.07) is 5.89. The molecular weight excluding hydrogens is 182 g/mol. The number of amides is 2. The number of carbonyl (C=O) groups excluding carboxylic acids is 1. The zero-order chi connectivity index (χ0) is 10.6. The summed E-state index contributed by atoms with van der Waals surface area (Å²) < 4.78 is 0. The van der Waals surface area contributed by atoms with Crippen molar-refractivity contribution in [1.82, 2.24) is 5.01 Å². The Labute approximate surface area is 82.1 Å². The standard InChI is InChI=1S/C9H13N3O2/c1-2-12(9(10)14)11-7-4-3-5-8(13)6-7/h3-6,11,13H,2H2,1H3,(H2,10,14). The van der Waals surface area contributed by atoms with Crippen LogP contribution in [-0.4, -0.2) is 22.7 Å². The van der Waals surface area contributed by atoms with E-state index in [1.54, 1.807) is 25.1 Å². The van der Waals surface area contributed by atoms with Gasteiger partial charge in [-0.3, -0.25) is 5.43 Å². The molecule has 0 radical (unpaired) electrons. The molecule has 76 valence electrons. The van der Waals surface area contributed by atoms with Crippen LogP contribution in [0.15, 0.2) is 24.3 Å². The van der Waals surface area contributed by atoms with Gasteiger partial charge in [-0.05, 0) is 19.1 Å². The van der Waals surface area contributed by atoms with E-state index in [0.29, 0.717) is 12.2 Å². The lowest BCUT2D eigenvalue weighted by Gasteiger charge is -2.20. The summed E-state index contributed by atoms with van der Waals surface area (Å²) in [4.78, 5) is 10.8. The van der Waals surface area contributed by atoms with E-state index in [4.69, 9.17) is 10.8 Å². The number of carbonyl (C=O) groups is 1. The number of anilines is 1. The number of hydrogen-bond acceptors (Lipinski definition) is 3. The first kappa shape index (κ1) is 10.2. The number of nitrogens with one attached hydrogen (secondary N) is 1. The Balaban J connectivity index is 2.72. The van der Waals surface area contributed by atoms with E-state index in [1.165, 1.54) is 11.1 Å². The lowest BCUT2D eigenvalue weighted by Crippen LogP contribution is -2.39. The highest BCUT2D eigenvalue weighted by atomic mass is 16.3.